The molecule has 0 saturated carbocycles. The van der Waals surface area contributed by atoms with Crippen molar-refractivity contribution in [3.8, 4) is 0 Å². The molecule has 1 heterocycles. The van der Waals surface area contributed by atoms with E-state index in [9.17, 15) is 14.7 Å². The third-order valence-corrected chi connectivity index (χ3v) is 5.02. The molecule has 1 atom stereocenters. The summed E-state index contributed by atoms with van der Waals surface area (Å²) < 4.78 is 0. The third kappa shape index (κ3) is 2.30. The van der Waals surface area contributed by atoms with Crippen molar-refractivity contribution in [3.63, 3.8) is 0 Å². The minimum absolute atomic E-state index is 0.105. The fraction of sp³-hybridized carbons (Fsp3) is 0.176. The molecule has 0 bridgehead atoms. The molecule has 1 unspecified atom stereocenters. The molecule has 0 fully saturated rings. The Morgan fingerprint density at radius 1 is 1.13 bits per heavy atom. The lowest BCUT2D eigenvalue weighted by atomic mass is 9.85. The van der Waals surface area contributed by atoms with Crippen LogP contribution in [0, 0.1) is 0 Å². The number of halogens is 2. The Kier molecular flexibility index (Phi) is 3.82. The van der Waals surface area contributed by atoms with Crippen LogP contribution in [0.5, 0.6) is 0 Å². The number of rotatable bonds is 3. The Balaban J connectivity index is 2.12. The Hall–Kier alpha value is -2.04. The van der Waals surface area contributed by atoms with Gasteiger partial charge in [-0.1, -0.05) is 41.4 Å². The van der Waals surface area contributed by atoms with Gasteiger partial charge in [0.2, 0.25) is 5.54 Å². The summed E-state index contributed by atoms with van der Waals surface area (Å²) in [6.45, 7) is 0. The molecule has 0 aromatic heterocycles. The highest BCUT2D eigenvalue weighted by Gasteiger charge is 2.54. The van der Waals surface area contributed by atoms with Gasteiger partial charge in [0.25, 0.3) is 0 Å². The molecular weight excluding hydrogens is 337 g/mol. The highest BCUT2D eigenvalue weighted by atomic mass is 35.5. The lowest BCUT2D eigenvalue weighted by molar-refractivity contribution is -0.141. The van der Waals surface area contributed by atoms with Gasteiger partial charge in [0.05, 0.1) is 10.0 Å². The minimum Gasteiger partial charge on any atom is -0.479 e. The van der Waals surface area contributed by atoms with E-state index in [4.69, 9.17) is 23.2 Å². The van der Waals surface area contributed by atoms with Crippen molar-refractivity contribution in [3.05, 3.63) is 63.6 Å². The molecule has 0 amide bonds. The first-order chi connectivity index (χ1) is 10.9. The average molecular weight is 350 g/mol. The molecule has 1 aliphatic rings. The molecule has 2 aromatic rings. The SMILES string of the molecule is CN1c2ccccc2CC1(C(=O)O)C(=O)c1ccc(Cl)c(Cl)c1. The molecule has 0 radical (unpaired) electrons. The average Bonchev–Trinajstić information content (AvgIpc) is 2.84. The summed E-state index contributed by atoms with van der Waals surface area (Å²) in [6.07, 6.45) is 0.105. The van der Waals surface area contributed by atoms with Gasteiger partial charge in [-0.25, -0.2) is 4.79 Å². The van der Waals surface area contributed by atoms with E-state index in [-0.39, 0.29) is 17.0 Å². The molecule has 118 valence electrons. The maximum atomic E-state index is 13.0. The number of carbonyl (C=O) groups is 2. The standard InChI is InChI=1S/C17H13Cl2NO3/c1-20-14-5-3-2-4-11(14)9-17(20,16(22)23)15(21)10-6-7-12(18)13(19)8-10/h2-8H,9H2,1H3,(H,22,23). The summed E-state index contributed by atoms with van der Waals surface area (Å²) >= 11 is 11.8. The second-order valence-electron chi connectivity index (χ2n) is 5.49. The molecule has 23 heavy (non-hydrogen) atoms. The third-order valence-electron chi connectivity index (χ3n) is 4.28. The van der Waals surface area contributed by atoms with Crippen LogP contribution in [0.2, 0.25) is 10.0 Å². The fourth-order valence-electron chi connectivity index (χ4n) is 3.01. The van der Waals surface area contributed by atoms with Crippen LogP contribution in [-0.4, -0.2) is 29.4 Å². The van der Waals surface area contributed by atoms with E-state index in [1.54, 1.807) is 7.05 Å². The lowest BCUT2D eigenvalue weighted by Gasteiger charge is -2.32. The maximum Gasteiger partial charge on any atom is 0.338 e. The van der Waals surface area contributed by atoms with Crippen LogP contribution >= 0.6 is 23.2 Å². The Bertz CT molecular complexity index is 821. The zero-order valence-corrected chi connectivity index (χ0v) is 13.7. The molecule has 3 rings (SSSR count). The van der Waals surface area contributed by atoms with Crippen molar-refractivity contribution >= 4 is 40.6 Å². The Morgan fingerprint density at radius 3 is 2.43 bits per heavy atom. The number of anilines is 1. The summed E-state index contributed by atoms with van der Waals surface area (Å²) in [5.41, 5.74) is 0.108. The van der Waals surface area contributed by atoms with E-state index in [1.165, 1.54) is 23.1 Å². The van der Waals surface area contributed by atoms with Gasteiger partial charge in [-0.15, -0.1) is 0 Å². The second-order valence-corrected chi connectivity index (χ2v) is 6.30. The van der Waals surface area contributed by atoms with Crippen LogP contribution in [0.4, 0.5) is 5.69 Å². The number of fused-ring (bicyclic) bond motifs is 1. The molecule has 0 saturated heterocycles. The summed E-state index contributed by atoms with van der Waals surface area (Å²) in [7, 11) is 1.62. The molecule has 1 N–H and O–H groups in total. The number of nitrogens with zero attached hydrogens (tertiary/aromatic N) is 1. The lowest BCUT2D eigenvalue weighted by Crippen LogP contribution is -2.57. The van der Waals surface area contributed by atoms with Gasteiger partial charge in [0.15, 0.2) is 5.78 Å². The van der Waals surface area contributed by atoms with Gasteiger partial charge in [0.1, 0.15) is 0 Å². The molecule has 4 nitrogen and oxygen atoms in total. The highest BCUT2D eigenvalue weighted by molar-refractivity contribution is 6.42. The van der Waals surface area contributed by atoms with E-state index < -0.39 is 17.3 Å². The number of carboxylic acid groups (broad SMARTS) is 1. The van der Waals surface area contributed by atoms with E-state index in [0.29, 0.717) is 5.02 Å². The molecule has 0 aliphatic carbocycles. The summed E-state index contributed by atoms with van der Waals surface area (Å²) in [5, 5.41) is 10.4. The van der Waals surface area contributed by atoms with Gasteiger partial charge in [-0.05, 0) is 29.8 Å². The van der Waals surface area contributed by atoms with Crippen LogP contribution in [-0.2, 0) is 11.2 Å². The van der Waals surface area contributed by atoms with Gasteiger partial charge in [-0.3, -0.25) is 4.79 Å². The quantitative estimate of drug-likeness (QED) is 0.678. The normalized spacial score (nSPS) is 19.5. The molecule has 0 spiro atoms. The maximum absolute atomic E-state index is 13.0. The van der Waals surface area contributed by atoms with E-state index in [1.807, 2.05) is 24.3 Å². The van der Waals surface area contributed by atoms with Crippen molar-refractivity contribution in [2.45, 2.75) is 12.0 Å². The van der Waals surface area contributed by atoms with Gasteiger partial charge >= 0.3 is 5.97 Å². The molecule has 2 aromatic carbocycles. The molecule has 1 aliphatic heterocycles. The number of benzene rings is 2. The topological polar surface area (TPSA) is 57.6 Å². The number of hydrogen-bond donors (Lipinski definition) is 1. The van der Waals surface area contributed by atoms with Gasteiger partial charge < -0.3 is 10.0 Å². The zero-order valence-electron chi connectivity index (χ0n) is 12.2. The highest BCUT2D eigenvalue weighted by Crippen LogP contribution is 2.40. The van der Waals surface area contributed by atoms with Crippen LogP contribution in [0.3, 0.4) is 0 Å². The van der Waals surface area contributed by atoms with Gasteiger partial charge in [-0.2, -0.15) is 0 Å². The Morgan fingerprint density at radius 2 is 1.83 bits per heavy atom. The fourth-order valence-corrected chi connectivity index (χ4v) is 3.31. The number of hydrogen-bond acceptors (Lipinski definition) is 3. The first-order valence-corrected chi connectivity index (χ1v) is 7.68. The van der Waals surface area contributed by atoms with Crippen LogP contribution in [0.25, 0.3) is 0 Å². The first-order valence-electron chi connectivity index (χ1n) is 6.93. The van der Waals surface area contributed by atoms with Crippen molar-refractivity contribution < 1.29 is 14.7 Å². The van der Waals surface area contributed by atoms with E-state index >= 15 is 0 Å². The van der Waals surface area contributed by atoms with Gasteiger partial charge in [0, 0.05) is 24.7 Å². The summed E-state index contributed by atoms with van der Waals surface area (Å²) in [5.74, 6) is -1.70. The number of aliphatic carboxylic acids is 1. The summed E-state index contributed by atoms with van der Waals surface area (Å²) in [6, 6.07) is 11.7. The van der Waals surface area contributed by atoms with Crippen molar-refractivity contribution in [2.24, 2.45) is 0 Å². The molecule has 6 heteroatoms. The van der Waals surface area contributed by atoms with Crippen molar-refractivity contribution in [1.29, 1.82) is 0 Å². The minimum atomic E-state index is -1.68. The van der Waals surface area contributed by atoms with E-state index in [0.717, 1.165) is 11.3 Å². The largest absolute Gasteiger partial charge is 0.479 e. The van der Waals surface area contributed by atoms with E-state index in [2.05, 4.69) is 0 Å². The number of Topliss-reactive ketones (excluding diaryl/α,β-unsaturated/α-hetero) is 1. The van der Waals surface area contributed by atoms with Crippen molar-refractivity contribution in [2.75, 3.05) is 11.9 Å². The van der Waals surface area contributed by atoms with Crippen LogP contribution in [0.15, 0.2) is 42.5 Å². The molecular formula is C17H13Cl2NO3. The number of ketones is 1. The number of para-hydroxylation sites is 1. The predicted molar refractivity (Wildman–Crippen MR) is 89.7 cm³/mol. The first kappa shape index (κ1) is 15.8. The Labute approximate surface area is 143 Å². The number of carboxylic acids is 1. The van der Waals surface area contributed by atoms with Crippen molar-refractivity contribution in [1.82, 2.24) is 0 Å². The van der Waals surface area contributed by atoms with Crippen LogP contribution < -0.4 is 4.90 Å². The second kappa shape index (κ2) is 5.55. The predicted octanol–water partition coefficient (Wildman–Crippen LogP) is 3.69. The summed E-state index contributed by atoms with van der Waals surface area (Å²) in [4.78, 5) is 26.6. The van der Waals surface area contributed by atoms with Crippen LogP contribution in [0.1, 0.15) is 15.9 Å². The smallest absolute Gasteiger partial charge is 0.338 e. The number of carbonyl (C=O) groups excluding carboxylic acids is 1. The monoisotopic (exact) mass is 349 g/mol. The zero-order chi connectivity index (χ0) is 16.8. The number of likely N-dealkylation sites (N-methyl/N-ethyl adjacent to an activating group) is 1.